The van der Waals surface area contributed by atoms with Crippen molar-refractivity contribution >= 4 is 63.7 Å². The summed E-state index contributed by atoms with van der Waals surface area (Å²) in [7, 11) is 1.25. The van der Waals surface area contributed by atoms with E-state index in [1.165, 1.54) is 24.1 Å². The van der Waals surface area contributed by atoms with E-state index >= 15 is 4.39 Å². The number of likely N-dealkylation sites (tertiary alicyclic amines) is 1. The van der Waals surface area contributed by atoms with Crippen LogP contribution >= 0.6 is 23.6 Å². The van der Waals surface area contributed by atoms with Crippen LogP contribution in [0.1, 0.15) is 70.7 Å². The molecule has 3 atom stereocenters. The van der Waals surface area contributed by atoms with E-state index in [-0.39, 0.29) is 60.7 Å². The van der Waals surface area contributed by atoms with Gasteiger partial charge in [0.15, 0.2) is 16.7 Å². The first-order valence-electron chi connectivity index (χ1n) is 23.1. The van der Waals surface area contributed by atoms with Crippen LogP contribution in [0, 0.1) is 29.5 Å². The number of β-amino-alcohol motifs (C(OH)–C–C–N with tert-alkyl or cyclic N) is 1. The lowest BCUT2D eigenvalue weighted by molar-refractivity contribution is -0.144. The molecule has 0 radical (unpaired) electrons. The van der Waals surface area contributed by atoms with Gasteiger partial charge < -0.3 is 39.8 Å². The fourth-order valence-corrected chi connectivity index (χ4v) is 9.83. The van der Waals surface area contributed by atoms with Crippen LogP contribution in [0.15, 0.2) is 84.5 Å². The molecule has 0 spiro atoms. The number of pyridine rings is 1. The lowest BCUT2D eigenvalue weighted by Crippen LogP contribution is -2.58. The first-order valence-corrected chi connectivity index (χ1v) is 24.4. The maximum absolute atomic E-state index is 15.5. The Hall–Kier alpha value is -6.85. The number of aliphatic hydroxyl groups is 1. The van der Waals surface area contributed by atoms with Gasteiger partial charge in [0, 0.05) is 31.7 Å². The van der Waals surface area contributed by atoms with Crippen LogP contribution in [0.4, 0.5) is 15.8 Å². The lowest BCUT2D eigenvalue weighted by Gasteiger charge is -2.35. The number of hydrogen-bond donors (Lipinski definition) is 3. The first-order chi connectivity index (χ1) is 33.8. The summed E-state index contributed by atoms with van der Waals surface area (Å²) in [5.41, 5.74) is 4.67. The number of aryl methyl sites for hydroxylation is 1. The fourth-order valence-electron chi connectivity index (χ4n) is 8.50. The summed E-state index contributed by atoms with van der Waals surface area (Å²) < 4.78 is 32.3. The van der Waals surface area contributed by atoms with Crippen molar-refractivity contribution in [3.8, 4) is 39.3 Å². The molecule has 0 aliphatic carbocycles. The Kier molecular flexibility index (Phi) is 16.2. The minimum Gasteiger partial charge on any atom is -0.494 e. The molecule has 71 heavy (non-hydrogen) atoms. The number of methoxy groups -OCH3 is 1. The Morgan fingerprint density at radius 2 is 1.72 bits per heavy atom. The van der Waals surface area contributed by atoms with Crippen LogP contribution in [0.2, 0.25) is 0 Å². The molecule has 0 saturated carbocycles. The summed E-state index contributed by atoms with van der Waals surface area (Å²) in [5, 5.41) is 25.7. The molecular weight excluding hydrogens is 948 g/mol. The number of thiazole rings is 1. The predicted molar refractivity (Wildman–Crippen MR) is 271 cm³/mol. The van der Waals surface area contributed by atoms with E-state index in [1.54, 1.807) is 53.9 Å². The number of halogens is 1. The molecule has 16 nitrogen and oxygen atoms in total. The Morgan fingerprint density at radius 1 is 1.01 bits per heavy atom. The van der Waals surface area contributed by atoms with Crippen molar-refractivity contribution < 1.29 is 42.9 Å². The maximum atomic E-state index is 15.5. The van der Waals surface area contributed by atoms with Crippen LogP contribution in [0.3, 0.4) is 0 Å². The summed E-state index contributed by atoms with van der Waals surface area (Å²) in [6, 6.07) is 21.6. The number of nitriles is 1. The zero-order valence-corrected chi connectivity index (χ0v) is 42.3. The predicted octanol–water partition coefficient (Wildman–Crippen LogP) is 7.10. The number of carbonyl (C=O) groups is 4. The molecular formula is C52H57FN8O8S2. The van der Waals surface area contributed by atoms with E-state index < -0.39 is 52.7 Å². The van der Waals surface area contributed by atoms with Crippen LogP contribution in [-0.2, 0) is 30.5 Å². The molecule has 2 aliphatic heterocycles. The minimum atomic E-state index is -1.18. The standard InChI is InChI=1S/C52H57FN8O8S2/c1-31-45(71-30-57-31)34-12-10-32(11-13-34)26-56-47(64)41-24-37(62)28-59(41)48(65)46(51(2,3)4)58-42(63)29-68-22-8-9-23-69-38-18-14-33(15-19-38)39-20-17-36(27-55-39)61-50(70)60(49(66)52(61,5)6)40-21-16-35(25-54)44(67-7)43(40)53/h10-21,27,30,37,41,46,62H,8-9,22-24,26,28-29H2,1-7H3,(H,56,64)(H,58,63)/t37-,41+,46-/m1/s1. The van der Waals surface area contributed by atoms with Crippen LogP contribution in [-0.4, -0.2) is 106 Å². The van der Waals surface area contributed by atoms with Crippen molar-refractivity contribution in [2.45, 2.75) is 91.1 Å². The number of nitrogens with zero attached hydrogens (tertiary/aromatic N) is 6. The molecule has 7 rings (SSSR count). The van der Waals surface area contributed by atoms with Gasteiger partial charge in [0.25, 0.3) is 5.91 Å². The number of hydrogen-bond acceptors (Lipinski definition) is 13. The highest BCUT2D eigenvalue weighted by Crippen LogP contribution is 2.40. The molecule has 0 unspecified atom stereocenters. The van der Waals surface area contributed by atoms with E-state index in [0.29, 0.717) is 36.6 Å². The average Bonchev–Trinajstić information content (AvgIpc) is 4.01. The second-order valence-electron chi connectivity index (χ2n) is 18.9. The summed E-state index contributed by atoms with van der Waals surface area (Å²) in [6.45, 7) is 11.4. The summed E-state index contributed by atoms with van der Waals surface area (Å²) in [4.78, 5) is 68.3. The largest absolute Gasteiger partial charge is 0.494 e. The number of rotatable bonds is 18. The van der Waals surface area contributed by atoms with E-state index in [4.69, 9.17) is 26.4 Å². The van der Waals surface area contributed by atoms with Gasteiger partial charge in [-0.2, -0.15) is 5.26 Å². The van der Waals surface area contributed by atoms with Crippen molar-refractivity contribution in [3.63, 3.8) is 0 Å². The van der Waals surface area contributed by atoms with E-state index in [9.17, 15) is 29.5 Å². The van der Waals surface area contributed by atoms with Crippen molar-refractivity contribution in [2.75, 3.05) is 43.3 Å². The highest BCUT2D eigenvalue weighted by atomic mass is 32.1. The Morgan fingerprint density at radius 3 is 2.35 bits per heavy atom. The Bertz CT molecular complexity index is 2810. The Balaban J connectivity index is 0.839. The fraction of sp³-hybridized carbons (Fsp3) is 0.385. The average molecular weight is 1010 g/mol. The van der Waals surface area contributed by atoms with Crippen molar-refractivity contribution in [1.82, 2.24) is 25.5 Å². The molecule has 2 fully saturated rings. The Labute approximate surface area is 421 Å². The topological polar surface area (TPSA) is 200 Å². The number of unbranched alkanes of at least 4 members (excludes halogenated alkanes) is 1. The highest BCUT2D eigenvalue weighted by Gasteiger charge is 2.51. The van der Waals surface area contributed by atoms with Crippen molar-refractivity contribution in [1.29, 1.82) is 5.26 Å². The van der Waals surface area contributed by atoms with Gasteiger partial charge in [0.2, 0.25) is 17.7 Å². The summed E-state index contributed by atoms with van der Waals surface area (Å²) in [6.07, 6.45) is 2.06. The summed E-state index contributed by atoms with van der Waals surface area (Å²) >= 11 is 7.28. The van der Waals surface area contributed by atoms with E-state index in [2.05, 4.69) is 20.6 Å². The third-order valence-corrected chi connectivity index (χ3v) is 13.7. The van der Waals surface area contributed by atoms with Gasteiger partial charge in [-0.3, -0.25) is 29.1 Å². The second-order valence-corrected chi connectivity index (χ2v) is 20.1. The number of anilines is 2. The third kappa shape index (κ3) is 11.5. The number of ether oxygens (including phenoxy) is 3. The molecule has 2 aromatic heterocycles. The smallest absolute Gasteiger partial charge is 0.259 e. The minimum absolute atomic E-state index is 0.00850. The van der Waals surface area contributed by atoms with E-state index in [0.717, 1.165) is 32.2 Å². The zero-order valence-electron chi connectivity index (χ0n) is 40.7. The molecule has 4 amide bonds. The number of aliphatic hydroxyl groups excluding tert-OH is 1. The molecule has 3 N–H and O–H groups in total. The molecule has 2 aliphatic rings. The van der Waals surface area contributed by atoms with Crippen LogP contribution in [0.25, 0.3) is 21.7 Å². The number of carbonyl (C=O) groups excluding carboxylic acids is 4. The molecule has 2 saturated heterocycles. The van der Waals surface area contributed by atoms with Gasteiger partial charge >= 0.3 is 0 Å². The molecule has 3 aromatic carbocycles. The van der Waals surface area contributed by atoms with Gasteiger partial charge in [0.1, 0.15) is 36.0 Å². The number of benzene rings is 3. The highest BCUT2D eigenvalue weighted by molar-refractivity contribution is 7.81. The van der Waals surface area contributed by atoms with Gasteiger partial charge in [-0.05, 0) is 111 Å². The SMILES string of the molecule is COc1c(C#N)ccc(N2C(=O)C(C)(C)N(c3ccc(-c4ccc(OCCCCOCC(=O)N[C@H](C(=O)N5C[C@H](O)C[C@H]5C(=O)NCc5ccc(-c6scnc6C)cc5)C(C)(C)C)cc4)nc3)C2=S)c1F. The molecule has 19 heteroatoms. The van der Waals surface area contributed by atoms with Crippen molar-refractivity contribution in [2.24, 2.45) is 5.41 Å². The van der Waals surface area contributed by atoms with Gasteiger partial charge in [-0.15, -0.1) is 11.3 Å². The van der Waals surface area contributed by atoms with Crippen LogP contribution < -0.4 is 29.9 Å². The molecule has 372 valence electrons. The monoisotopic (exact) mass is 1000 g/mol. The number of amides is 4. The second kappa shape index (κ2) is 22.1. The summed E-state index contributed by atoms with van der Waals surface area (Å²) in [5.74, 6) is -2.26. The van der Waals surface area contributed by atoms with Gasteiger partial charge in [0.05, 0.1) is 64.7 Å². The van der Waals surface area contributed by atoms with Gasteiger partial charge in [-0.25, -0.2) is 9.37 Å². The van der Waals surface area contributed by atoms with Crippen LogP contribution in [0.5, 0.6) is 11.5 Å². The number of nitrogens with one attached hydrogen (secondary N) is 2. The van der Waals surface area contributed by atoms with Gasteiger partial charge in [-0.1, -0.05) is 45.0 Å². The zero-order chi connectivity index (χ0) is 51.2. The van der Waals surface area contributed by atoms with Crippen molar-refractivity contribution in [3.05, 3.63) is 107 Å². The molecule has 4 heterocycles. The number of thiocarbonyl (C=S) groups is 1. The quantitative estimate of drug-likeness (QED) is 0.0594. The molecule has 5 aromatic rings. The van der Waals surface area contributed by atoms with E-state index in [1.807, 2.05) is 82.3 Å². The first kappa shape index (κ1) is 52.0. The molecule has 0 bridgehead atoms. The lowest BCUT2D eigenvalue weighted by atomic mass is 9.85. The number of aromatic nitrogens is 2. The maximum Gasteiger partial charge on any atom is 0.259 e. The normalized spacial score (nSPS) is 17.0. The third-order valence-electron chi connectivity index (χ3n) is 12.4.